The average Bonchev–Trinajstić information content (AvgIpc) is 2.76. The van der Waals surface area contributed by atoms with Crippen LogP contribution in [-0.2, 0) is 0 Å². The maximum absolute atomic E-state index is 11.8. The molecule has 0 fully saturated rings. The van der Waals surface area contributed by atoms with Crippen molar-refractivity contribution in [3.8, 4) is 12.3 Å². The van der Waals surface area contributed by atoms with Gasteiger partial charge in [-0.15, -0.1) is 6.42 Å². The van der Waals surface area contributed by atoms with Crippen molar-refractivity contribution in [1.29, 1.82) is 0 Å². The van der Waals surface area contributed by atoms with Gasteiger partial charge in [0.05, 0.1) is 11.8 Å². The minimum Gasteiger partial charge on any atom is -0.457 e. The van der Waals surface area contributed by atoms with E-state index in [1.54, 1.807) is 30.3 Å². The first-order chi connectivity index (χ1) is 8.20. The second kappa shape index (κ2) is 4.89. The Kier molecular flexibility index (Phi) is 3.31. The van der Waals surface area contributed by atoms with Crippen molar-refractivity contribution in [2.45, 2.75) is 0 Å². The molecule has 0 saturated heterocycles. The molecule has 4 heteroatoms. The van der Waals surface area contributed by atoms with E-state index in [9.17, 15) is 4.79 Å². The second-order valence-electron chi connectivity index (χ2n) is 3.29. The molecule has 3 nitrogen and oxygen atoms in total. The molecule has 2 aromatic rings. The Hall–Kier alpha value is -1.99. The van der Waals surface area contributed by atoms with Crippen LogP contribution < -0.4 is 5.32 Å². The van der Waals surface area contributed by atoms with Gasteiger partial charge in [-0.3, -0.25) is 4.79 Å². The Bertz CT molecular complexity index is 595. The summed E-state index contributed by atoms with van der Waals surface area (Å²) in [5.41, 5.74) is 1.81. The normalized spacial score (nSPS) is 9.65. The molecule has 0 aliphatic heterocycles. The molecule has 2 rings (SSSR count). The fourth-order valence-corrected chi connectivity index (χ4v) is 1.76. The van der Waals surface area contributed by atoms with Crippen LogP contribution in [0.3, 0.4) is 0 Å². The van der Waals surface area contributed by atoms with E-state index in [0.717, 1.165) is 0 Å². The highest BCUT2D eigenvalue weighted by Gasteiger charge is 2.12. The summed E-state index contributed by atoms with van der Waals surface area (Å²) in [6.45, 7) is 0. The Morgan fingerprint density at radius 2 is 2.24 bits per heavy atom. The maximum Gasteiger partial charge on any atom is 0.260 e. The number of furan rings is 1. The van der Waals surface area contributed by atoms with Crippen molar-refractivity contribution in [2.24, 2.45) is 0 Å². The van der Waals surface area contributed by atoms with Gasteiger partial charge in [-0.25, -0.2) is 0 Å². The number of nitrogens with one attached hydrogen (secondary N) is 1. The fourth-order valence-electron chi connectivity index (χ4n) is 1.34. The summed E-state index contributed by atoms with van der Waals surface area (Å²) in [5, 5.41) is 2.74. The molecule has 1 amide bonds. The summed E-state index contributed by atoms with van der Waals surface area (Å²) in [7, 11) is 0. The quantitative estimate of drug-likeness (QED) is 0.862. The number of terminal acetylenes is 1. The summed E-state index contributed by atoms with van der Waals surface area (Å²) in [5.74, 6) is 2.26. The molecule has 1 aromatic heterocycles. The van der Waals surface area contributed by atoms with E-state index >= 15 is 0 Å². The smallest absolute Gasteiger partial charge is 0.260 e. The lowest BCUT2D eigenvalue weighted by Crippen LogP contribution is -2.11. The van der Waals surface area contributed by atoms with E-state index in [1.807, 2.05) is 0 Å². The Morgan fingerprint density at radius 3 is 2.88 bits per heavy atom. The van der Waals surface area contributed by atoms with Gasteiger partial charge in [0.1, 0.15) is 0 Å². The molecule has 0 bridgehead atoms. The van der Waals surface area contributed by atoms with Crippen molar-refractivity contribution >= 4 is 27.5 Å². The highest BCUT2D eigenvalue weighted by atomic mass is 79.9. The highest BCUT2D eigenvalue weighted by molar-refractivity contribution is 9.10. The monoisotopic (exact) mass is 289 g/mol. The van der Waals surface area contributed by atoms with E-state index in [2.05, 4.69) is 27.2 Å². The first-order valence-corrected chi connectivity index (χ1v) is 5.61. The first kappa shape index (κ1) is 11.5. The lowest BCUT2D eigenvalue weighted by molar-refractivity contribution is 0.102. The van der Waals surface area contributed by atoms with Crippen LogP contribution in [0, 0.1) is 12.3 Å². The van der Waals surface area contributed by atoms with Crippen molar-refractivity contribution < 1.29 is 9.21 Å². The van der Waals surface area contributed by atoms with Gasteiger partial charge < -0.3 is 9.73 Å². The van der Waals surface area contributed by atoms with E-state index in [-0.39, 0.29) is 5.91 Å². The molecule has 17 heavy (non-hydrogen) atoms. The Morgan fingerprint density at radius 1 is 1.41 bits per heavy atom. The summed E-state index contributed by atoms with van der Waals surface area (Å²) in [6.07, 6.45) is 6.72. The molecular formula is C13H8BrNO2. The van der Waals surface area contributed by atoms with Gasteiger partial charge >= 0.3 is 0 Å². The van der Waals surface area contributed by atoms with Crippen LogP contribution in [0.5, 0.6) is 0 Å². The third-order valence-electron chi connectivity index (χ3n) is 2.15. The van der Waals surface area contributed by atoms with Crippen molar-refractivity contribution in [3.05, 3.63) is 52.4 Å². The number of carbonyl (C=O) groups excluding carboxylic acids is 1. The standard InChI is InChI=1S/C13H8BrNO2/c1-2-9-4-3-5-10(8-9)15-13(16)11-6-7-17-12(11)14/h1,3-8H,(H,15,16). The second-order valence-corrected chi connectivity index (χ2v) is 4.01. The summed E-state index contributed by atoms with van der Waals surface area (Å²) < 4.78 is 5.40. The van der Waals surface area contributed by atoms with Gasteiger partial charge in [-0.05, 0) is 40.2 Å². The molecule has 0 atom stereocenters. The third-order valence-corrected chi connectivity index (χ3v) is 2.76. The minimum absolute atomic E-state index is 0.250. The zero-order chi connectivity index (χ0) is 12.3. The maximum atomic E-state index is 11.8. The summed E-state index contributed by atoms with van der Waals surface area (Å²) in [4.78, 5) is 11.8. The number of carbonyl (C=O) groups is 1. The van der Waals surface area contributed by atoms with Crippen LogP contribution in [-0.4, -0.2) is 5.91 Å². The molecule has 0 spiro atoms. The van der Waals surface area contributed by atoms with Crippen LogP contribution in [0.2, 0.25) is 0 Å². The van der Waals surface area contributed by atoms with E-state index in [0.29, 0.717) is 21.5 Å². The number of anilines is 1. The third kappa shape index (κ3) is 2.58. The molecule has 1 heterocycles. The predicted molar refractivity (Wildman–Crippen MR) is 68.7 cm³/mol. The lowest BCUT2D eigenvalue weighted by Gasteiger charge is -2.04. The number of rotatable bonds is 2. The van der Waals surface area contributed by atoms with Gasteiger partial charge in [0.25, 0.3) is 5.91 Å². The number of hydrogen-bond acceptors (Lipinski definition) is 2. The van der Waals surface area contributed by atoms with Crippen LogP contribution in [0.1, 0.15) is 15.9 Å². The predicted octanol–water partition coefficient (Wildman–Crippen LogP) is 3.28. The van der Waals surface area contributed by atoms with Gasteiger partial charge in [-0.1, -0.05) is 12.0 Å². The molecule has 0 aliphatic carbocycles. The van der Waals surface area contributed by atoms with E-state index in [4.69, 9.17) is 10.8 Å². The number of amides is 1. The molecule has 0 aliphatic rings. The zero-order valence-electron chi connectivity index (χ0n) is 8.74. The van der Waals surface area contributed by atoms with Crippen LogP contribution >= 0.6 is 15.9 Å². The van der Waals surface area contributed by atoms with Crippen molar-refractivity contribution in [2.75, 3.05) is 5.32 Å². The summed E-state index contributed by atoms with van der Waals surface area (Å²) >= 11 is 3.15. The molecule has 0 unspecified atom stereocenters. The first-order valence-electron chi connectivity index (χ1n) is 4.81. The number of benzene rings is 1. The number of hydrogen-bond donors (Lipinski definition) is 1. The average molecular weight is 290 g/mol. The highest BCUT2D eigenvalue weighted by Crippen LogP contribution is 2.19. The van der Waals surface area contributed by atoms with E-state index < -0.39 is 0 Å². The van der Waals surface area contributed by atoms with Gasteiger partial charge in [0.15, 0.2) is 4.67 Å². The molecular weight excluding hydrogens is 282 g/mol. The lowest BCUT2D eigenvalue weighted by atomic mass is 10.2. The molecule has 1 aromatic carbocycles. The molecule has 0 radical (unpaired) electrons. The SMILES string of the molecule is C#Cc1cccc(NC(=O)c2ccoc2Br)c1. The largest absolute Gasteiger partial charge is 0.457 e. The van der Waals surface area contributed by atoms with Gasteiger partial charge in [0, 0.05) is 11.3 Å². The van der Waals surface area contributed by atoms with Gasteiger partial charge in [-0.2, -0.15) is 0 Å². The van der Waals surface area contributed by atoms with Crippen LogP contribution in [0.4, 0.5) is 5.69 Å². The topological polar surface area (TPSA) is 42.2 Å². The molecule has 84 valence electrons. The molecule has 0 saturated carbocycles. The van der Waals surface area contributed by atoms with Crippen molar-refractivity contribution in [1.82, 2.24) is 0 Å². The number of halogens is 1. The Balaban J connectivity index is 2.19. The van der Waals surface area contributed by atoms with Crippen LogP contribution in [0.25, 0.3) is 0 Å². The fraction of sp³-hybridized carbons (Fsp3) is 0. The van der Waals surface area contributed by atoms with Gasteiger partial charge in [0.2, 0.25) is 0 Å². The molecule has 1 N–H and O–H groups in total. The Labute approximate surface area is 107 Å². The minimum atomic E-state index is -0.250. The summed E-state index contributed by atoms with van der Waals surface area (Å²) in [6, 6.07) is 8.67. The zero-order valence-corrected chi connectivity index (χ0v) is 10.3. The van der Waals surface area contributed by atoms with E-state index in [1.165, 1.54) is 6.26 Å². The van der Waals surface area contributed by atoms with Crippen LogP contribution in [0.15, 0.2) is 45.7 Å². The van der Waals surface area contributed by atoms with Crippen molar-refractivity contribution in [3.63, 3.8) is 0 Å².